The maximum Gasteiger partial charge on any atom is 0.337 e. The molecule has 0 aliphatic heterocycles. The zero-order valence-electron chi connectivity index (χ0n) is 22.3. The highest BCUT2D eigenvalue weighted by Crippen LogP contribution is 2.30. The Kier molecular flexibility index (Phi) is 14.7. The van der Waals surface area contributed by atoms with Gasteiger partial charge >= 0.3 is 5.97 Å². The maximum atomic E-state index is 11.7. The van der Waals surface area contributed by atoms with Crippen molar-refractivity contribution in [3.05, 3.63) is 59.2 Å². The van der Waals surface area contributed by atoms with Crippen molar-refractivity contribution in [3.63, 3.8) is 0 Å². The summed E-state index contributed by atoms with van der Waals surface area (Å²) < 4.78 is 17.1. The van der Waals surface area contributed by atoms with Crippen LogP contribution < -0.4 is 9.47 Å². The molecule has 0 amide bonds. The Morgan fingerprint density at radius 2 is 1.14 bits per heavy atom. The molecule has 0 radical (unpaired) electrons. The van der Waals surface area contributed by atoms with Crippen molar-refractivity contribution in [2.45, 2.75) is 97.3 Å². The van der Waals surface area contributed by atoms with Gasteiger partial charge in [0.15, 0.2) is 11.5 Å². The first-order chi connectivity index (χ1) is 17.2. The van der Waals surface area contributed by atoms with Crippen molar-refractivity contribution in [1.29, 1.82) is 0 Å². The highest BCUT2D eigenvalue weighted by molar-refractivity contribution is 5.89. The number of hydrogen-bond acceptors (Lipinski definition) is 4. The lowest BCUT2D eigenvalue weighted by molar-refractivity contribution is 0.0600. The molecule has 0 aliphatic rings. The number of carbonyl (C=O) groups excluding carboxylic acids is 1. The summed E-state index contributed by atoms with van der Waals surface area (Å²) in [4.78, 5) is 11.7. The van der Waals surface area contributed by atoms with E-state index in [-0.39, 0.29) is 5.97 Å². The van der Waals surface area contributed by atoms with Gasteiger partial charge in [-0.1, -0.05) is 96.3 Å². The minimum atomic E-state index is -0.311. The van der Waals surface area contributed by atoms with Gasteiger partial charge in [-0.2, -0.15) is 0 Å². The topological polar surface area (TPSA) is 44.8 Å². The SMILES string of the molecule is CCCCCCCCOc1ccc(Cc2ccc(C(=O)OC)cc2)cc1OCCCCCCCC. The highest BCUT2D eigenvalue weighted by Gasteiger charge is 2.09. The number of benzene rings is 2. The summed E-state index contributed by atoms with van der Waals surface area (Å²) in [5.41, 5.74) is 2.87. The van der Waals surface area contributed by atoms with Crippen molar-refractivity contribution in [2.75, 3.05) is 20.3 Å². The first-order valence-electron chi connectivity index (χ1n) is 13.7. The second-order valence-electron chi connectivity index (χ2n) is 9.38. The number of unbranched alkanes of at least 4 members (excludes halogenated alkanes) is 10. The van der Waals surface area contributed by atoms with Crippen LogP contribution in [0.1, 0.15) is 112 Å². The molecular formula is C31H46O4. The van der Waals surface area contributed by atoms with Crippen LogP contribution in [0, 0.1) is 0 Å². The molecule has 0 bridgehead atoms. The van der Waals surface area contributed by atoms with Crippen molar-refractivity contribution < 1.29 is 19.0 Å². The molecule has 0 spiro atoms. The summed E-state index contributed by atoms with van der Waals surface area (Å²) in [7, 11) is 1.40. The van der Waals surface area contributed by atoms with Crippen LogP contribution in [0.5, 0.6) is 11.5 Å². The Morgan fingerprint density at radius 1 is 0.629 bits per heavy atom. The summed E-state index contributed by atoms with van der Waals surface area (Å²) in [5.74, 6) is 1.37. The van der Waals surface area contributed by atoms with Crippen LogP contribution in [0.4, 0.5) is 0 Å². The van der Waals surface area contributed by atoms with E-state index in [0.29, 0.717) is 5.56 Å². The molecule has 0 saturated heterocycles. The van der Waals surface area contributed by atoms with Crippen LogP contribution in [0.15, 0.2) is 42.5 Å². The summed E-state index contributed by atoms with van der Waals surface area (Å²) in [5, 5.41) is 0. The maximum absolute atomic E-state index is 11.7. The Morgan fingerprint density at radius 3 is 1.71 bits per heavy atom. The summed E-state index contributed by atoms with van der Waals surface area (Å²) in [6.45, 7) is 5.94. The standard InChI is InChI=1S/C31H46O4/c1-4-6-8-10-12-14-22-34-29-21-18-27(24-26-16-19-28(20-17-26)31(32)33-3)25-30(29)35-23-15-13-11-9-7-5-2/h16-21,25H,4-15,22-24H2,1-3H3. The fraction of sp³-hybridized carbons (Fsp3) is 0.581. The molecule has 2 aromatic rings. The molecule has 0 aromatic heterocycles. The number of methoxy groups -OCH3 is 1. The zero-order chi connectivity index (χ0) is 25.1. The monoisotopic (exact) mass is 482 g/mol. The number of carbonyl (C=O) groups is 1. The van der Waals surface area contributed by atoms with Gasteiger partial charge in [0, 0.05) is 0 Å². The van der Waals surface area contributed by atoms with Gasteiger partial charge < -0.3 is 14.2 Å². The third kappa shape index (κ3) is 11.7. The lowest BCUT2D eigenvalue weighted by Crippen LogP contribution is -2.04. The van der Waals surface area contributed by atoms with Gasteiger partial charge in [0.1, 0.15) is 0 Å². The predicted octanol–water partition coefficient (Wildman–Crippen LogP) is 8.54. The van der Waals surface area contributed by atoms with Gasteiger partial charge in [0.2, 0.25) is 0 Å². The average molecular weight is 483 g/mol. The summed E-state index contributed by atoms with van der Waals surface area (Å²) in [6, 6.07) is 13.9. The van der Waals surface area contributed by atoms with E-state index in [4.69, 9.17) is 14.2 Å². The predicted molar refractivity (Wildman–Crippen MR) is 145 cm³/mol. The molecule has 0 fully saturated rings. The van der Waals surface area contributed by atoms with Crippen molar-refractivity contribution in [2.24, 2.45) is 0 Å². The Balaban J connectivity index is 1.95. The van der Waals surface area contributed by atoms with Gasteiger partial charge in [-0.15, -0.1) is 0 Å². The highest BCUT2D eigenvalue weighted by atomic mass is 16.5. The lowest BCUT2D eigenvalue weighted by atomic mass is 10.0. The van der Waals surface area contributed by atoms with E-state index in [1.165, 1.54) is 76.9 Å². The number of hydrogen-bond donors (Lipinski definition) is 0. The second kappa shape index (κ2) is 17.9. The zero-order valence-corrected chi connectivity index (χ0v) is 22.3. The number of rotatable bonds is 19. The minimum absolute atomic E-state index is 0.311. The Hall–Kier alpha value is -2.49. The number of ether oxygens (including phenoxy) is 3. The van der Waals surface area contributed by atoms with E-state index in [0.717, 1.165) is 49.5 Å². The van der Waals surface area contributed by atoms with Crippen LogP contribution in [0.25, 0.3) is 0 Å². The van der Waals surface area contributed by atoms with Crippen LogP contribution in [0.2, 0.25) is 0 Å². The molecule has 0 N–H and O–H groups in total. The van der Waals surface area contributed by atoms with Crippen LogP contribution in [0.3, 0.4) is 0 Å². The van der Waals surface area contributed by atoms with Gasteiger partial charge in [0.25, 0.3) is 0 Å². The van der Waals surface area contributed by atoms with Crippen molar-refractivity contribution in [3.8, 4) is 11.5 Å². The quantitative estimate of drug-likeness (QED) is 0.149. The molecule has 0 heterocycles. The van der Waals surface area contributed by atoms with E-state index in [1.807, 2.05) is 30.3 Å². The minimum Gasteiger partial charge on any atom is -0.490 e. The largest absolute Gasteiger partial charge is 0.490 e. The molecule has 2 aromatic carbocycles. The molecule has 194 valence electrons. The summed E-state index contributed by atoms with van der Waals surface area (Å²) >= 11 is 0. The molecule has 4 nitrogen and oxygen atoms in total. The third-order valence-electron chi connectivity index (χ3n) is 6.30. The third-order valence-corrected chi connectivity index (χ3v) is 6.30. The van der Waals surface area contributed by atoms with Crippen LogP contribution >= 0.6 is 0 Å². The first-order valence-corrected chi connectivity index (χ1v) is 13.7. The molecule has 0 aliphatic carbocycles. The van der Waals surface area contributed by atoms with Crippen molar-refractivity contribution >= 4 is 5.97 Å². The Labute approximate surface area is 213 Å². The van der Waals surface area contributed by atoms with E-state index in [2.05, 4.69) is 26.0 Å². The number of esters is 1. The fourth-order valence-electron chi connectivity index (χ4n) is 4.14. The fourth-order valence-corrected chi connectivity index (χ4v) is 4.14. The molecular weight excluding hydrogens is 436 g/mol. The van der Waals surface area contributed by atoms with E-state index >= 15 is 0 Å². The normalized spacial score (nSPS) is 10.8. The van der Waals surface area contributed by atoms with Gasteiger partial charge in [-0.3, -0.25) is 0 Å². The van der Waals surface area contributed by atoms with Gasteiger partial charge in [-0.05, 0) is 54.7 Å². The molecule has 35 heavy (non-hydrogen) atoms. The molecule has 0 saturated carbocycles. The molecule has 2 rings (SSSR count). The molecule has 4 heteroatoms. The Bertz CT molecular complexity index is 828. The smallest absolute Gasteiger partial charge is 0.337 e. The van der Waals surface area contributed by atoms with Crippen LogP contribution in [-0.2, 0) is 11.2 Å². The lowest BCUT2D eigenvalue weighted by Gasteiger charge is -2.15. The van der Waals surface area contributed by atoms with E-state index in [9.17, 15) is 4.79 Å². The van der Waals surface area contributed by atoms with E-state index < -0.39 is 0 Å². The van der Waals surface area contributed by atoms with Crippen LogP contribution in [-0.4, -0.2) is 26.3 Å². The van der Waals surface area contributed by atoms with Gasteiger partial charge in [-0.25, -0.2) is 4.79 Å². The molecule has 0 atom stereocenters. The molecule has 0 unspecified atom stereocenters. The van der Waals surface area contributed by atoms with Crippen molar-refractivity contribution in [1.82, 2.24) is 0 Å². The van der Waals surface area contributed by atoms with Gasteiger partial charge in [0.05, 0.1) is 25.9 Å². The van der Waals surface area contributed by atoms with E-state index in [1.54, 1.807) is 0 Å². The second-order valence-corrected chi connectivity index (χ2v) is 9.38. The first kappa shape index (κ1) is 28.7. The average Bonchev–Trinajstić information content (AvgIpc) is 2.88. The summed E-state index contributed by atoms with van der Waals surface area (Å²) in [6.07, 6.45) is 15.7.